The third kappa shape index (κ3) is 3.14. The minimum atomic E-state index is 0.248. The van der Waals surface area contributed by atoms with E-state index in [-0.39, 0.29) is 5.60 Å². The number of rotatable bonds is 2. The van der Waals surface area contributed by atoms with Crippen molar-refractivity contribution in [2.45, 2.75) is 75.5 Å². The van der Waals surface area contributed by atoms with E-state index in [1.165, 1.54) is 70.9 Å². The summed E-state index contributed by atoms with van der Waals surface area (Å²) < 4.78 is 6.23. The van der Waals surface area contributed by atoms with Gasteiger partial charge in [-0.15, -0.1) is 0 Å². The molecule has 3 fully saturated rings. The van der Waals surface area contributed by atoms with Crippen LogP contribution in [-0.4, -0.2) is 49.3 Å². The third-order valence-corrected chi connectivity index (χ3v) is 5.65. The summed E-state index contributed by atoms with van der Waals surface area (Å²) in [6, 6.07) is 1.49. The van der Waals surface area contributed by atoms with E-state index in [1.54, 1.807) is 0 Å². The van der Waals surface area contributed by atoms with Crippen LogP contribution in [-0.2, 0) is 4.74 Å². The number of piperidine rings is 1. The zero-order valence-electron chi connectivity index (χ0n) is 12.5. The molecule has 3 rings (SSSR count). The van der Waals surface area contributed by atoms with Crippen molar-refractivity contribution in [1.29, 1.82) is 0 Å². The van der Waals surface area contributed by atoms with E-state index < -0.39 is 0 Å². The van der Waals surface area contributed by atoms with Crippen LogP contribution in [0.4, 0.5) is 0 Å². The lowest BCUT2D eigenvalue weighted by atomic mass is 9.77. The van der Waals surface area contributed by atoms with Gasteiger partial charge in [-0.25, -0.2) is 0 Å². The minimum absolute atomic E-state index is 0.248. The first-order chi connectivity index (χ1) is 9.29. The van der Waals surface area contributed by atoms with Gasteiger partial charge in [0.2, 0.25) is 0 Å². The molecule has 1 aliphatic carbocycles. The van der Waals surface area contributed by atoms with Gasteiger partial charge < -0.3 is 10.1 Å². The highest BCUT2D eigenvalue weighted by Gasteiger charge is 2.40. The van der Waals surface area contributed by atoms with Crippen molar-refractivity contribution in [3.63, 3.8) is 0 Å². The fourth-order valence-electron chi connectivity index (χ4n) is 4.37. The van der Waals surface area contributed by atoms with Crippen LogP contribution in [0.5, 0.6) is 0 Å². The number of nitrogens with one attached hydrogen (secondary N) is 1. The van der Waals surface area contributed by atoms with Crippen LogP contribution in [0, 0.1) is 0 Å². The molecule has 1 spiro atoms. The molecule has 2 aliphatic heterocycles. The molecule has 2 unspecified atom stereocenters. The summed E-state index contributed by atoms with van der Waals surface area (Å²) in [5, 5.41) is 3.55. The summed E-state index contributed by atoms with van der Waals surface area (Å²) in [7, 11) is 2.35. The van der Waals surface area contributed by atoms with Crippen molar-refractivity contribution >= 4 is 0 Å². The number of likely N-dealkylation sites (N-methyl/N-ethyl adjacent to an activating group) is 1. The minimum Gasteiger partial charge on any atom is -0.375 e. The lowest BCUT2D eigenvalue weighted by molar-refractivity contribution is -0.126. The number of nitrogens with zero attached hydrogens (tertiary/aromatic N) is 1. The zero-order chi connectivity index (χ0) is 13.1. The molecule has 0 aromatic heterocycles. The second-order valence-electron chi connectivity index (χ2n) is 6.90. The summed E-state index contributed by atoms with van der Waals surface area (Å²) in [4.78, 5) is 2.67. The number of ether oxygens (including phenoxy) is 1. The topological polar surface area (TPSA) is 24.5 Å². The Hall–Kier alpha value is -0.120. The first-order valence-corrected chi connectivity index (χ1v) is 8.36. The van der Waals surface area contributed by atoms with Crippen LogP contribution in [0.1, 0.15) is 57.8 Å². The summed E-state index contributed by atoms with van der Waals surface area (Å²) in [6.45, 7) is 3.37. The van der Waals surface area contributed by atoms with Gasteiger partial charge in [0.05, 0.1) is 5.60 Å². The molecule has 3 nitrogen and oxygen atoms in total. The Bertz CT molecular complexity index is 277. The standard InChI is InChI=1S/C16H30N2O/c1-18(15-6-5-10-17-13-15)14-7-11-19-16(12-14)8-3-2-4-9-16/h14-15,17H,2-13H2,1H3. The van der Waals surface area contributed by atoms with Gasteiger partial charge in [-0.05, 0) is 52.1 Å². The van der Waals surface area contributed by atoms with Crippen molar-refractivity contribution in [1.82, 2.24) is 10.2 Å². The maximum atomic E-state index is 6.23. The van der Waals surface area contributed by atoms with Crippen molar-refractivity contribution in [3.05, 3.63) is 0 Å². The van der Waals surface area contributed by atoms with Crippen LogP contribution in [0.2, 0.25) is 0 Å². The molecule has 1 saturated carbocycles. The summed E-state index contributed by atoms with van der Waals surface area (Å²) in [6.07, 6.45) is 12.0. The average molecular weight is 266 g/mol. The molecular weight excluding hydrogens is 236 g/mol. The van der Waals surface area contributed by atoms with E-state index in [0.29, 0.717) is 0 Å². The van der Waals surface area contributed by atoms with E-state index in [4.69, 9.17) is 4.74 Å². The van der Waals surface area contributed by atoms with Gasteiger partial charge in [-0.3, -0.25) is 4.90 Å². The molecule has 0 amide bonds. The molecule has 0 aromatic rings. The van der Waals surface area contributed by atoms with Crippen molar-refractivity contribution in [2.24, 2.45) is 0 Å². The highest BCUT2D eigenvalue weighted by molar-refractivity contribution is 4.94. The molecular formula is C16H30N2O. The molecule has 0 bridgehead atoms. The molecule has 1 N–H and O–H groups in total. The summed E-state index contributed by atoms with van der Waals surface area (Å²) in [5.41, 5.74) is 0.248. The van der Waals surface area contributed by atoms with E-state index in [2.05, 4.69) is 17.3 Å². The van der Waals surface area contributed by atoms with Gasteiger partial charge >= 0.3 is 0 Å². The molecule has 19 heavy (non-hydrogen) atoms. The van der Waals surface area contributed by atoms with E-state index in [9.17, 15) is 0 Å². The van der Waals surface area contributed by atoms with Gasteiger partial charge in [-0.1, -0.05) is 19.3 Å². The largest absolute Gasteiger partial charge is 0.375 e. The predicted octanol–water partition coefficient (Wildman–Crippen LogP) is 2.55. The van der Waals surface area contributed by atoms with Crippen LogP contribution >= 0.6 is 0 Å². The Morgan fingerprint density at radius 2 is 1.89 bits per heavy atom. The molecule has 3 heteroatoms. The Labute approximate surface area is 118 Å². The molecule has 2 atom stereocenters. The highest BCUT2D eigenvalue weighted by atomic mass is 16.5. The Balaban J connectivity index is 1.60. The fourth-order valence-corrected chi connectivity index (χ4v) is 4.37. The fraction of sp³-hybridized carbons (Fsp3) is 1.00. The highest BCUT2D eigenvalue weighted by Crippen LogP contribution is 2.40. The molecule has 0 radical (unpaired) electrons. The van der Waals surface area contributed by atoms with Gasteiger partial charge in [0, 0.05) is 25.2 Å². The Kier molecular flexibility index (Phi) is 4.45. The summed E-state index contributed by atoms with van der Waals surface area (Å²) >= 11 is 0. The lowest BCUT2D eigenvalue weighted by Crippen LogP contribution is -2.54. The molecule has 2 heterocycles. The van der Waals surface area contributed by atoms with Crippen molar-refractivity contribution in [3.8, 4) is 0 Å². The molecule has 110 valence electrons. The molecule has 2 saturated heterocycles. The zero-order valence-corrected chi connectivity index (χ0v) is 12.5. The van der Waals surface area contributed by atoms with Crippen molar-refractivity contribution < 1.29 is 4.74 Å². The first-order valence-electron chi connectivity index (χ1n) is 8.36. The van der Waals surface area contributed by atoms with Crippen LogP contribution in [0.25, 0.3) is 0 Å². The summed E-state index contributed by atoms with van der Waals surface area (Å²) in [5.74, 6) is 0. The van der Waals surface area contributed by atoms with Gasteiger partial charge in [-0.2, -0.15) is 0 Å². The normalized spacial score (nSPS) is 35.7. The van der Waals surface area contributed by atoms with Gasteiger partial charge in [0.25, 0.3) is 0 Å². The van der Waals surface area contributed by atoms with Crippen molar-refractivity contribution in [2.75, 3.05) is 26.7 Å². The Morgan fingerprint density at radius 3 is 2.63 bits per heavy atom. The maximum absolute atomic E-state index is 6.23. The SMILES string of the molecule is CN(C1CCCNC1)C1CCOC2(CCCCC2)C1. The lowest BCUT2D eigenvalue weighted by Gasteiger charge is -2.48. The predicted molar refractivity (Wildman–Crippen MR) is 78.4 cm³/mol. The quantitative estimate of drug-likeness (QED) is 0.831. The smallest absolute Gasteiger partial charge is 0.0697 e. The molecule has 3 aliphatic rings. The average Bonchev–Trinajstić information content (AvgIpc) is 2.48. The Morgan fingerprint density at radius 1 is 1.05 bits per heavy atom. The maximum Gasteiger partial charge on any atom is 0.0697 e. The first kappa shape index (κ1) is 13.8. The van der Waals surface area contributed by atoms with E-state index in [1.807, 2.05) is 0 Å². The van der Waals surface area contributed by atoms with Crippen LogP contribution < -0.4 is 5.32 Å². The van der Waals surface area contributed by atoms with Gasteiger partial charge in [0.15, 0.2) is 0 Å². The van der Waals surface area contributed by atoms with E-state index >= 15 is 0 Å². The third-order valence-electron chi connectivity index (χ3n) is 5.65. The van der Waals surface area contributed by atoms with Crippen LogP contribution in [0.3, 0.4) is 0 Å². The van der Waals surface area contributed by atoms with Crippen LogP contribution in [0.15, 0.2) is 0 Å². The molecule has 0 aromatic carbocycles. The number of hydrogen-bond donors (Lipinski definition) is 1. The second kappa shape index (κ2) is 6.11. The number of hydrogen-bond acceptors (Lipinski definition) is 3. The van der Waals surface area contributed by atoms with Gasteiger partial charge in [0.1, 0.15) is 0 Å². The second-order valence-corrected chi connectivity index (χ2v) is 6.90. The van der Waals surface area contributed by atoms with E-state index in [0.717, 1.165) is 18.7 Å². The monoisotopic (exact) mass is 266 g/mol.